The normalized spacial score (nSPS) is 21.3. The van der Waals surface area contributed by atoms with Crippen LogP contribution in [0.2, 0.25) is 0 Å². The second-order valence-corrected chi connectivity index (χ2v) is 6.15. The van der Waals surface area contributed by atoms with Crippen molar-refractivity contribution in [2.75, 3.05) is 18.0 Å². The molecule has 1 amide bonds. The van der Waals surface area contributed by atoms with Crippen molar-refractivity contribution in [3.63, 3.8) is 0 Å². The zero-order valence-corrected chi connectivity index (χ0v) is 13.6. The fourth-order valence-corrected chi connectivity index (χ4v) is 3.44. The number of aromatic nitrogens is 4. The van der Waals surface area contributed by atoms with Crippen molar-refractivity contribution in [1.82, 2.24) is 24.8 Å². The summed E-state index contributed by atoms with van der Waals surface area (Å²) in [5, 5.41) is 7.87. The summed E-state index contributed by atoms with van der Waals surface area (Å²) >= 11 is 1.38. The van der Waals surface area contributed by atoms with Crippen LogP contribution < -0.4 is 10.2 Å². The zero-order chi connectivity index (χ0) is 15.7. The van der Waals surface area contributed by atoms with Gasteiger partial charge in [0, 0.05) is 38.3 Å². The van der Waals surface area contributed by atoms with E-state index in [0.29, 0.717) is 24.7 Å². The van der Waals surface area contributed by atoms with Crippen LogP contribution in [0.5, 0.6) is 0 Å². The molecule has 0 saturated carbocycles. The Labute approximate surface area is 132 Å². The van der Waals surface area contributed by atoms with Crippen molar-refractivity contribution >= 4 is 22.6 Å². The third kappa shape index (κ3) is 2.68. The Morgan fingerprint density at radius 3 is 2.91 bits per heavy atom. The van der Waals surface area contributed by atoms with Crippen LogP contribution in [0.3, 0.4) is 0 Å². The van der Waals surface area contributed by atoms with Crippen molar-refractivity contribution in [3.05, 3.63) is 17.5 Å². The molecule has 1 atom stereocenters. The smallest absolute Gasteiger partial charge is 0.223 e. The summed E-state index contributed by atoms with van der Waals surface area (Å²) in [7, 11) is 0. The van der Waals surface area contributed by atoms with E-state index < -0.39 is 5.54 Å². The van der Waals surface area contributed by atoms with E-state index in [1.165, 1.54) is 18.5 Å². The van der Waals surface area contributed by atoms with Crippen molar-refractivity contribution in [2.24, 2.45) is 0 Å². The molecule has 3 rings (SSSR count). The molecule has 1 saturated heterocycles. The summed E-state index contributed by atoms with van der Waals surface area (Å²) in [4.78, 5) is 22.6. The van der Waals surface area contributed by atoms with E-state index in [4.69, 9.17) is 4.52 Å². The molecule has 1 fully saturated rings. The first-order chi connectivity index (χ1) is 10.5. The molecule has 0 bridgehead atoms. The third-order valence-electron chi connectivity index (χ3n) is 3.68. The number of aryl methyl sites for hydroxylation is 2. The van der Waals surface area contributed by atoms with E-state index in [2.05, 4.69) is 29.7 Å². The van der Waals surface area contributed by atoms with Gasteiger partial charge in [0.25, 0.3) is 0 Å². The number of hydrogen-bond acceptors (Lipinski definition) is 8. The van der Waals surface area contributed by atoms with E-state index in [9.17, 15) is 4.79 Å². The standard InChI is InChI=1S/C13H18N6O2S/c1-4-10-15-12(22-18-10)19-6-5-13(7-19,16-8(2)20)11-14-9(3)21-17-11/h4-7H2,1-3H3,(H,16,20). The lowest BCUT2D eigenvalue weighted by molar-refractivity contribution is -0.120. The first-order valence-electron chi connectivity index (χ1n) is 7.19. The van der Waals surface area contributed by atoms with Gasteiger partial charge in [0.05, 0.1) is 6.54 Å². The molecule has 9 heteroatoms. The highest BCUT2D eigenvalue weighted by molar-refractivity contribution is 7.09. The number of amides is 1. The Kier molecular flexibility index (Phi) is 3.81. The lowest BCUT2D eigenvalue weighted by Gasteiger charge is -2.26. The fraction of sp³-hybridized carbons (Fsp3) is 0.615. The van der Waals surface area contributed by atoms with Crippen LogP contribution in [-0.2, 0) is 16.8 Å². The van der Waals surface area contributed by atoms with E-state index >= 15 is 0 Å². The van der Waals surface area contributed by atoms with Crippen LogP contribution >= 0.6 is 11.5 Å². The van der Waals surface area contributed by atoms with Crippen molar-refractivity contribution in [3.8, 4) is 0 Å². The summed E-state index contributed by atoms with van der Waals surface area (Å²) in [5.41, 5.74) is -0.637. The van der Waals surface area contributed by atoms with Gasteiger partial charge in [-0.15, -0.1) is 0 Å². The second-order valence-electron chi connectivity index (χ2n) is 5.42. The molecule has 1 aliphatic rings. The highest BCUT2D eigenvalue weighted by atomic mass is 32.1. The monoisotopic (exact) mass is 322 g/mol. The fourth-order valence-electron chi connectivity index (χ4n) is 2.66. The molecule has 1 aliphatic heterocycles. The highest BCUT2D eigenvalue weighted by Gasteiger charge is 2.45. The maximum atomic E-state index is 11.6. The Morgan fingerprint density at radius 1 is 1.50 bits per heavy atom. The molecule has 2 aromatic rings. The minimum absolute atomic E-state index is 0.115. The molecular weight excluding hydrogens is 304 g/mol. The lowest BCUT2D eigenvalue weighted by Crippen LogP contribution is -2.48. The SMILES string of the molecule is CCc1nsc(N2CCC(NC(C)=O)(c3noc(C)n3)C2)n1. The number of carbonyl (C=O) groups is 1. The molecule has 0 spiro atoms. The second kappa shape index (κ2) is 5.64. The van der Waals surface area contributed by atoms with Gasteiger partial charge in [-0.25, -0.2) is 4.98 Å². The predicted molar refractivity (Wildman–Crippen MR) is 80.6 cm³/mol. The Balaban J connectivity index is 1.87. The average molecular weight is 322 g/mol. The van der Waals surface area contributed by atoms with Crippen LogP contribution in [-0.4, -0.2) is 38.5 Å². The molecule has 22 heavy (non-hydrogen) atoms. The molecule has 2 aromatic heterocycles. The maximum Gasteiger partial charge on any atom is 0.223 e. The molecule has 1 N–H and O–H groups in total. The van der Waals surface area contributed by atoms with Gasteiger partial charge in [0.15, 0.2) is 5.82 Å². The van der Waals surface area contributed by atoms with Crippen molar-refractivity contribution in [2.45, 2.75) is 39.2 Å². The summed E-state index contributed by atoms with van der Waals surface area (Å²) < 4.78 is 9.41. The van der Waals surface area contributed by atoms with E-state index in [1.54, 1.807) is 6.92 Å². The van der Waals surface area contributed by atoms with Gasteiger partial charge in [-0.3, -0.25) is 4.79 Å². The Bertz CT molecular complexity index is 684. The average Bonchev–Trinajstić information content (AvgIpc) is 3.16. The topological polar surface area (TPSA) is 97.0 Å². The summed E-state index contributed by atoms with van der Waals surface area (Å²) in [6, 6.07) is 0. The van der Waals surface area contributed by atoms with Gasteiger partial charge in [0.2, 0.25) is 16.9 Å². The third-order valence-corrected chi connectivity index (χ3v) is 4.50. The molecule has 118 valence electrons. The molecular formula is C13H18N6O2S. The van der Waals surface area contributed by atoms with Gasteiger partial charge in [-0.1, -0.05) is 12.1 Å². The minimum atomic E-state index is -0.637. The van der Waals surface area contributed by atoms with Gasteiger partial charge >= 0.3 is 0 Å². The van der Waals surface area contributed by atoms with Crippen LogP contribution in [0.4, 0.5) is 5.13 Å². The number of carbonyl (C=O) groups excluding carboxylic acids is 1. The molecule has 3 heterocycles. The summed E-state index contributed by atoms with van der Waals surface area (Å²) in [6.45, 7) is 6.58. The molecule has 0 radical (unpaired) electrons. The summed E-state index contributed by atoms with van der Waals surface area (Å²) in [6.07, 6.45) is 1.51. The predicted octanol–water partition coefficient (Wildman–Crippen LogP) is 1.03. The highest BCUT2D eigenvalue weighted by Crippen LogP contribution is 2.34. The lowest BCUT2D eigenvalue weighted by atomic mass is 9.97. The number of nitrogens with one attached hydrogen (secondary N) is 1. The van der Waals surface area contributed by atoms with Crippen LogP contribution in [0.25, 0.3) is 0 Å². The van der Waals surface area contributed by atoms with Gasteiger partial charge in [-0.05, 0) is 6.42 Å². The van der Waals surface area contributed by atoms with Crippen LogP contribution in [0, 0.1) is 6.92 Å². The van der Waals surface area contributed by atoms with Crippen molar-refractivity contribution in [1.29, 1.82) is 0 Å². The van der Waals surface area contributed by atoms with Gasteiger partial charge in [-0.2, -0.15) is 9.36 Å². The van der Waals surface area contributed by atoms with E-state index in [-0.39, 0.29) is 5.91 Å². The minimum Gasteiger partial charge on any atom is -0.344 e. The molecule has 0 aliphatic carbocycles. The number of anilines is 1. The van der Waals surface area contributed by atoms with Gasteiger partial charge < -0.3 is 14.7 Å². The molecule has 1 unspecified atom stereocenters. The Morgan fingerprint density at radius 2 is 2.32 bits per heavy atom. The number of rotatable bonds is 4. The quantitative estimate of drug-likeness (QED) is 0.898. The first-order valence-corrected chi connectivity index (χ1v) is 7.97. The van der Waals surface area contributed by atoms with E-state index in [0.717, 1.165) is 23.9 Å². The van der Waals surface area contributed by atoms with Crippen molar-refractivity contribution < 1.29 is 9.32 Å². The largest absolute Gasteiger partial charge is 0.344 e. The number of nitrogens with zero attached hydrogens (tertiary/aromatic N) is 5. The molecule has 8 nitrogen and oxygen atoms in total. The van der Waals surface area contributed by atoms with Gasteiger partial charge in [0.1, 0.15) is 11.4 Å². The van der Waals surface area contributed by atoms with Crippen LogP contribution in [0.15, 0.2) is 4.52 Å². The number of hydrogen-bond donors (Lipinski definition) is 1. The maximum absolute atomic E-state index is 11.6. The molecule has 0 aromatic carbocycles. The van der Waals surface area contributed by atoms with E-state index in [1.807, 2.05) is 6.92 Å². The zero-order valence-electron chi connectivity index (χ0n) is 12.8. The first kappa shape index (κ1) is 14.9. The Hall–Kier alpha value is -2.03. The van der Waals surface area contributed by atoms with Crippen LogP contribution in [0.1, 0.15) is 37.8 Å². The summed E-state index contributed by atoms with van der Waals surface area (Å²) in [5.74, 6) is 1.73.